The molecule has 0 saturated heterocycles. The molecule has 0 aromatic carbocycles. The first kappa shape index (κ1) is 14.5. The fourth-order valence-corrected chi connectivity index (χ4v) is 1.92. The minimum Gasteiger partial charge on any atom is -0.384 e. The van der Waals surface area contributed by atoms with Crippen LogP contribution in [-0.4, -0.2) is 16.9 Å². The maximum absolute atomic E-state index is 12.0. The fourth-order valence-electron chi connectivity index (χ4n) is 1.92. The normalized spacial score (nSPS) is 12.1. The minimum atomic E-state index is -0.128. The Bertz CT molecular complexity index is 379. The van der Waals surface area contributed by atoms with E-state index in [-0.39, 0.29) is 11.9 Å². The lowest BCUT2D eigenvalue weighted by atomic mass is 10.1. The van der Waals surface area contributed by atoms with Crippen molar-refractivity contribution in [1.82, 2.24) is 10.3 Å². The predicted molar refractivity (Wildman–Crippen MR) is 74.3 cm³/mol. The molecule has 4 heteroatoms. The smallest absolute Gasteiger partial charge is 0.270 e. The third-order valence-electron chi connectivity index (χ3n) is 2.88. The standard InChI is InChI=1S/C14H23N3O/c1-3-5-8-11(7-4-2)16-14(18)12-9-6-10-13(15)17-12/h6,9-11H,3-5,7-8H2,1-2H3,(H2,15,17)(H,16,18). The molecule has 1 aromatic heterocycles. The van der Waals surface area contributed by atoms with Crippen LogP contribution in [0.1, 0.15) is 56.4 Å². The minimum absolute atomic E-state index is 0.128. The lowest BCUT2D eigenvalue weighted by molar-refractivity contribution is 0.0927. The highest BCUT2D eigenvalue weighted by molar-refractivity contribution is 5.92. The second kappa shape index (κ2) is 7.69. The molecule has 4 nitrogen and oxygen atoms in total. The summed E-state index contributed by atoms with van der Waals surface area (Å²) in [5, 5.41) is 3.04. The number of unbranched alkanes of at least 4 members (excludes halogenated alkanes) is 1. The Morgan fingerprint density at radius 3 is 2.72 bits per heavy atom. The van der Waals surface area contributed by atoms with E-state index in [1.807, 2.05) is 0 Å². The van der Waals surface area contributed by atoms with Crippen LogP contribution in [-0.2, 0) is 0 Å². The summed E-state index contributed by atoms with van der Waals surface area (Å²) in [6.07, 6.45) is 5.38. The highest BCUT2D eigenvalue weighted by Crippen LogP contribution is 2.08. The highest BCUT2D eigenvalue weighted by Gasteiger charge is 2.13. The van der Waals surface area contributed by atoms with Crippen molar-refractivity contribution in [3.63, 3.8) is 0 Å². The number of aromatic nitrogens is 1. The van der Waals surface area contributed by atoms with Gasteiger partial charge in [-0.05, 0) is 25.0 Å². The summed E-state index contributed by atoms with van der Waals surface area (Å²) < 4.78 is 0. The van der Waals surface area contributed by atoms with Gasteiger partial charge in [-0.25, -0.2) is 4.98 Å². The number of nitrogens with zero attached hydrogens (tertiary/aromatic N) is 1. The van der Waals surface area contributed by atoms with Gasteiger partial charge in [-0.3, -0.25) is 4.79 Å². The Labute approximate surface area is 109 Å². The molecular weight excluding hydrogens is 226 g/mol. The number of anilines is 1. The summed E-state index contributed by atoms with van der Waals surface area (Å²) >= 11 is 0. The Hall–Kier alpha value is -1.58. The maximum Gasteiger partial charge on any atom is 0.270 e. The number of hydrogen-bond donors (Lipinski definition) is 2. The van der Waals surface area contributed by atoms with E-state index in [0.29, 0.717) is 11.5 Å². The van der Waals surface area contributed by atoms with Crippen LogP contribution in [0.5, 0.6) is 0 Å². The van der Waals surface area contributed by atoms with Crippen LogP contribution < -0.4 is 11.1 Å². The van der Waals surface area contributed by atoms with E-state index < -0.39 is 0 Å². The number of amides is 1. The van der Waals surface area contributed by atoms with E-state index in [2.05, 4.69) is 24.1 Å². The van der Waals surface area contributed by atoms with Gasteiger partial charge in [0.15, 0.2) is 0 Å². The van der Waals surface area contributed by atoms with Gasteiger partial charge in [-0.2, -0.15) is 0 Å². The number of carbonyl (C=O) groups excluding carboxylic acids is 1. The van der Waals surface area contributed by atoms with Crippen molar-refractivity contribution in [2.24, 2.45) is 0 Å². The number of nitrogen functional groups attached to an aromatic ring is 1. The van der Waals surface area contributed by atoms with Crippen molar-refractivity contribution in [1.29, 1.82) is 0 Å². The van der Waals surface area contributed by atoms with Gasteiger partial charge in [0.05, 0.1) is 0 Å². The van der Waals surface area contributed by atoms with Crippen LogP contribution in [0.25, 0.3) is 0 Å². The van der Waals surface area contributed by atoms with E-state index in [4.69, 9.17) is 5.73 Å². The molecule has 1 rings (SSSR count). The molecule has 100 valence electrons. The Kier molecular flexibility index (Phi) is 6.19. The van der Waals surface area contributed by atoms with Crippen LogP contribution in [0, 0.1) is 0 Å². The Balaban J connectivity index is 2.59. The molecule has 1 heterocycles. The lowest BCUT2D eigenvalue weighted by Crippen LogP contribution is -2.35. The predicted octanol–water partition coefficient (Wildman–Crippen LogP) is 2.75. The molecule has 0 aliphatic heterocycles. The molecule has 1 atom stereocenters. The number of carbonyl (C=O) groups is 1. The molecule has 0 spiro atoms. The number of pyridine rings is 1. The Morgan fingerprint density at radius 1 is 1.33 bits per heavy atom. The van der Waals surface area contributed by atoms with Crippen molar-refractivity contribution in [3.8, 4) is 0 Å². The maximum atomic E-state index is 12.0. The van der Waals surface area contributed by atoms with Crippen LogP contribution in [0.4, 0.5) is 5.82 Å². The van der Waals surface area contributed by atoms with Gasteiger partial charge in [0.1, 0.15) is 11.5 Å². The summed E-state index contributed by atoms with van der Waals surface area (Å²) in [7, 11) is 0. The van der Waals surface area contributed by atoms with Crippen molar-refractivity contribution < 1.29 is 4.79 Å². The molecular formula is C14H23N3O. The van der Waals surface area contributed by atoms with Gasteiger partial charge >= 0.3 is 0 Å². The molecule has 3 N–H and O–H groups in total. The van der Waals surface area contributed by atoms with E-state index in [1.54, 1.807) is 18.2 Å². The topological polar surface area (TPSA) is 68.0 Å². The monoisotopic (exact) mass is 249 g/mol. The number of nitrogens with one attached hydrogen (secondary N) is 1. The average molecular weight is 249 g/mol. The summed E-state index contributed by atoms with van der Waals surface area (Å²) in [5.74, 6) is 0.250. The van der Waals surface area contributed by atoms with E-state index in [1.165, 1.54) is 0 Å². The van der Waals surface area contributed by atoms with Crippen LogP contribution in [0.3, 0.4) is 0 Å². The first-order valence-electron chi connectivity index (χ1n) is 6.70. The first-order chi connectivity index (χ1) is 8.67. The zero-order valence-corrected chi connectivity index (χ0v) is 11.3. The molecule has 1 aromatic rings. The molecule has 1 unspecified atom stereocenters. The van der Waals surface area contributed by atoms with Crippen LogP contribution >= 0.6 is 0 Å². The molecule has 0 fully saturated rings. The summed E-state index contributed by atoms with van der Waals surface area (Å²) in [6.45, 7) is 4.29. The number of rotatable bonds is 7. The zero-order chi connectivity index (χ0) is 13.4. The fraction of sp³-hybridized carbons (Fsp3) is 0.571. The third kappa shape index (κ3) is 4.73. The van der Waals surface area contributed by atoms with Crippen LogP contribution in [0.15, 0.2) is 18.2 Å². The highest BCUT2D eigenvalue weighted by atomic mass is 16.1. The molecule has 0 saturated carbocycles. The first-order valence-corrected chi connectivity index (χ1v) is 6.70. The van der Waals surface area contributed by atoms with Gasteiger partial charge in [0, 0.05) is 6.04 Å². The third-order valence-corrected chi connectivity index (χ3v) is 2.88. The number of hydrogen-bond acceptors (Lipinski definition) is 3. The lowest BCUT2D eigenvalue weighted by Gasteiger charge is -2.17. The molecule has 0 bridgehead atoms. The SMILES string of the molecule is CCCCC(CCC)NC(=O)c1cccc(N)n1. The Morgan fingerprint density at radius 2 is 2.11 bits per heavy atom. The molecule has 0 aliphatic carbocycles. The summed E-state index contributed by atoms with van der Waals surface area (Å²) in [5.41, 5.74) is 5.97. The van der Waals surface area contributed by atoms with E-state index in [9.17, 15) is 4.79 Å². The second-order valence-electron chi connectivity index (χ2n) is 4.55. The van der Waals surface area contributed by atoms with Crippen LogP contribution in [0.2, 0.25) is 0 Å². The summed E-state index contributed by atoms with van der Waals surface area (Å²) in [6, 6.07) is 5.36. The van der Waals surface area contributed by atoms with Gasteiger partial charge in [-0.15, -0.1) is 0 Å². The zero-order valence-electron chi connectivity index (χ0n) is 11.3. The summed E-state index contributed by atoms with van der Waals surface area (Å²) in [4.78, 5) is 16.0. The molecule has 18 heavy (non-hydrogen) atoms. The van der Waals surface area contributed by atoms with Gasteiger partial charge in [0.2, 0.25) is 0 Å². The van der Waals surface area contributed by atoms with Crippen molar-refractivity contribution in [3.05, 3.63) is 23.9 Å². The van der Waals surface area contributed by atoms with Crippen molar-refractivity contribution in [2.75, 3.05) is 5.73 Å². The molecule has 1 amide bonds. The largest absolute Gasteiger partial charge is 0.384 e. The van der Waals surface area contributed by atoms with Gasteiger partial charge < -0.3 is 11.1 Å². The van der Waals surface area contributed by atoms with Gasteiger partial charge in [0.25, 0.3) is 5.91 Å². The van der Waals surface area contributed by atoms with E-state index in [0.717, 1.165) is 32.1 Å². The van der Waals surface area contributed by atoms with E-state index >= 15 is 0 Å². The number of nitrogens with two attached hydrogens (primary N) is 1. The average Bonchev–Trinajstić information content (AvgIpc) is 2.36. The molecule has 0 aliphatic rings. The second-order valence-corrected chi connectivity index (χ2v) is 4.55. The molecule has 0 radical (unpaired) electrons. The quantitative estimate of drug-likeness (QED) is 0.780. The van der Waals surface area contributed by atoms with Crippen molar-refractivity contribution >= 4 is 11.7 Å². The van der Waals surface area contributed by atoms with Gasteiger partial charge in [-0.1, -0.05) is 39.2 Å². The van der Waals surface area contributed by atoms with Crippen molar-refractivity contribution in [2.45, 2.75) is 52.0 Å².